The molecular weight excluding hydrogens is 885 g/mol. The van der Waals surface area contributed by atoms with Crippen LogP contribution in [0.2, 0.25) is 0 Å². The Bertz CT molecular complexity index is 2510. The molecular formula is C50H70N10O9. The number of hydrogen-bond acceptors (Lipinski definition) is 15. The smallest absolute Gasteiger partial charge is 0.329 e. The van der Waals surface area contributed by atoms with Gasteiger partial charge in [-0.15, -0.1) is 0 Å². The first-order valence-corrected chi connectivity index (χ1v) is 24.6. The highest BCUT2D eigenvalue weighted by atomic mass is 16.6. The quantitative estimate of drug-likeness (QED) is 0.0484. The standard InChI is InChI=1S/C50H70N10O9/c1-35(34-65-3)53-49-52-31-40-41(33-59(47(40)55-49)38-11-13-39(61)14-12-38)37-9-7-36(8-10-37)32-58-20-18-57(19-21-58)22-24-67-26-28-69-30-29-68-27-25-66-23-17-51-42-5-4-6-43-46(42)56(2)50(64)60(43)44-15-16-45(62)54-48(44)63/h4-10,31,33,35,38-39,44,51,61H,11-30,32,34H2,1-3H3,(H,52,53,55)(H,54,62,63)/t35-,38-,39-,44?/m1/s1. The van der Waals surface area contributed by atoms with Crippen molar-refractivity contribution in [2.24, 2.45) is 7.05 Å². The lowest BCUT2D eigenvalue weighted by Gasteiger charge is -2.34. The third-order valence-corrected chi connectivity index (χ3v) is 13.4. The predicted octanol–water partition coefficient (Wildman–Crippen LogP) is 3.95. The zero-order valence-electron chi connectivity index (χ0n) is 40.4. The summed E-state index contributed by atoms with van der Waals surface area (Å²) in [5.41, 5.74) is 6.27. The number of imide groups is 1. The number of carbonyl (C=O) groups excluding carboxylic acids is 2. The Labute approximate surface area is 403 Å². The third kappa shape index (κ3) is 12.9. The lowest BCUT2D eigenvalue weighted by Crippen LogP contribution is -2.46. The number of piperidine rings is 1. The van der Waals surface area contributed by atoms with Gasteiger partial charge >= 0.3 is 5.69 Å². The fourth-order valence-corrected chi connectivity index (χ4v) is 9.70. The highest BCUT2D eigenvalue weighted by Crippen LogP contribution is 2.37. The average Bonchev–Trinajstić information content (AvgIpc) is 3.85. The van der Waals surface area contributed by atoms with Crippen LogP contribution in [0.5, 0.6) is 0 Å². The molecule has 19 heteroatoms. The highest BCUT2D eigenvalue weighted by Gasteiger charge is 2.32. The lowest BCUT2D eigenvalue weighted by molar-refractivity contribution is -0.135. The Morgan fingerprint density at radius 2 is 1.52 bits per heavy atom. The second-order valence-electron chi connectivity index (χ2n) is 18.4. The van der Waals surface area contributed by atoms with E-state index in [4.69, 9.17) is 28.7 Å². The Kier molecular flexibility index (Phi) is 17.8. The Hall–Kier alpha value is -5.25. The maximum atomic E-state index is 13.1. The van der Waals surface area contributed by atoms with Gasteiger partial charge in [0.1, 0.15) is 11.7 Å². The summed E-state index contributed by atoms with van der Waals surface area (Å²) in [6.45, 7) is 13.0. The third-order valence-electron chi connectivity index (χ3n) is 13.4. The van der Waals surface area contributed by atoms with Gasteiger partial charge in [-0.3, -0.25) is 33.8 Å². The van der Waals surface area contributed by atoms with Crippen molar-refractivity contribution in [1.82, 2.24) is 38.8 Å². The van der Waals surface area contributed by atoms with Crippen LogP contribution in [-0.4, -0.2) is 168 Å². The summed E-state index contributed by atoms with van der Waals surface area (Å²) in [5, 5.41) is 20.3. The van der Waals surface area contributed by atoms with E-state index in [1.54, 1.807) is 14.2 Å². The van der Waals surface area contributed by atoms with E-state index in [2.05, 4.69) is 72.7 Å². The van der Waals surface area contributed by atoms with Crippen LogP contribution < -0.4 is 21.6 Å². The second kappa shape index (κ2) is 24.5. The van der Waals surface area contributed by atoms with Gasteiger partial charge in [0, 0.05) is 102 Å². The van der Waals surface area contributed by atoms with Crippen LogP contribution in [0.3, 0.4) is 0 Å². The van der Waals surface area contributed by atoms with Crippen LogP contribution in [0, 0.1) is 0 Å². The number of aliphatic hydroxyl groups excluding tert-OH is 1. The number of aliphatic hydroxyl groups is 1. The lowest BCUT2D eigenvalue weighted by atomic mass is 9.93. The zero-order chi connectivity index (χ0) is 48.1. The maximum absolute atomic E-state index is 13.1. The van der Waals surface area contributed by atoms with E-state index in [1.807, 2.05) is 24.4 Å². The summed E-state index contributed by atoms with van der Waals surface area (Å²) in [6, 6.07) is 14.1. The molecule has 4 N–H and O–H groups in total. The minimum Gasteiger partial charge on any atom is -0.393 e. The van der Waals surface area contributed by atoms with Gasteiger partial charge in [-0.2, -0.15) is 4.98 Å². The number of benzene rings is 2. The van der Waals surface area contributed by atoms with E-state index in [9.17, 15) is 19.5 Å². The number of imidazole rings is 1. The van der Waals surface area contributed by atoms with E-state index in [0.29, 0.717) is 83.0 Å². The van der Waals surface area contributed by atoms with Gasteiger partial charge in [0.25, 0.3) is 0 Å². The molecule has 0 bridgehead atoms. The number of carbonyl (C=O) groups is 2. The molecule has 2 saturated heterocycles. The summed E-state index contributed by atoms with van der Waals surface area (Å²) in [7, 11) is 3.37. The summed E-state index contributed by atoms with van der Waals surface area (Å²) >= 11 is 0. The molecule has 19 nitrogen and oxygen atoms in total. The fourth-order valence-electron chi connectivity index (χ4n) is 9.70. The van der Waals surface area contributed by atoms with Gasteiger partial charge in [-0.25, -0.2) is 9.78 Å². The molecule has 3 aliphatic rings. The molecule has 2 atom stereocenters. The minimum absolute atomic E-state index is 0.0816. The average molecular weight is 955 g/mol. The highest BCUT2D eigenvalue weighted by molar-refractivity contribution is 6.00. The van der Waals surface area contributed by atoms with Crippen molar-refractivity contribution in [3.05, 3.63) is 70.9 Å². The van der Waals surface area contributed by atoms with Crippen LogP contribution in [0.25, 0.3) is 33.2 Å². The number of fused-ring (bicyclic) bond motifs is 2. The molecule has 1 aliphatic carbocycles. The monoisotopic (exact) mass is 955 g/mol. The number of piperazine rings is 1. The molecule has 0 radical (unpaired) electrons. The van der Waals surface area contributed by atoms with Crippen molar-refractivity contribution in [3.8, 4) is 11.1 Å². The van der Waals surface area contributed by atoms with Gasteiger partial charge in [0.2, 0.25) is 17.8 Å². The number of ether oxygens (including phenoxy) is 5. The number of nitrogens with zero attached hydrogens (tertiary/aromatic N) is 7. The number of rotatable bonds is 25. The number of aromatic nitrogens is 5. The predicted molar refractivity (Wildman–Crippen MR) is 264 cm³/mol. The van der Waals surface area contributed by atoms with E-state index >= 15 is 0 Å². The van der Waals surface area contributed by atoms with Crippen LogP contribution in [-0.2, 0) is 46.9 Å². The second-order valence-corrected chi connectivity index (χ2v) is 18.4. The molecule has 374 valence electrons. The SMILES string of the molecule is COC[C@@H](C)Nc1ncc2c(-c3ccc(CN4CCN(CCOCCOCCOCCOCCNc5cccc6c5n(C)c(=O)n6C5CCC(=O)NC5=O)CC4)cc3)cn([C@H]3CC[C@H](O)CC3)c2n1. The number of amides is 2. The van der Waals surface area contributed by atoms with Crippen molar-refractivity contribution in [3.63, 3.8) is 0 Å². The van der Waals surface area contributed by atoms with Gasteiger partial charge in [-0.1, -0.05) is 30.3 Å². The molecule has 1 unspecified atom stereocenters. The van der Waals surface area contributed by atoms with Crippen LogP contribution >= 0.6 is 0 Å². The summed E-state index contributed by atoms with van der Waals surface area (Å²) in [6.07, 6.45) is 7.89. The molecule has 0 spiro atoms. The van der Waals surface area contributed by atoms with E-state index < -0.39 is 11.9 Å². The number of nitrogens with one attached hydrogen (secondary N) is 3. The topological polar surface area (TPSA) is 201 Å². The minimum atomic E-state index is -0.727. The summed E-state index contributed by atoms with van der Waals surface area (Å²) in [5.74, 6) is -0.179. The molecule has 8 rings (SSSR count). The molecule has 69 heavy (non-hydrogen) atoms. The number of anilines is 2. The zero-order valence-corrected chi connectivity index (χ0v) is 40.4. The Morgan fingerprint density at radius 3 is 2.22 bits per heavy atom. The van der Waals surface area contributed by atoms with Crippen LogP contribution in [0.4, 0.5) is 11.6 Å². The molecule has 1 saturated carbocycles. The maximum Gasteiger partial charge on any atom is 0.329 e. The summed E-state index contributed by atoms with van der Waals surface area (Å²) in [4.78, 5) is 52.0. The molecule has 5 aromatic rings. The first-order chi connectivity index (χ1) is 33.7. The number of para-hydroxylation sites is 1. The molecule has 2 aliphatic heterocycles. The molecule has 2 amide bonds. The number of aryl methyl sites for hydroxylation is 1. The fraction of sp³-hybridized carbons (Fsp3) is 0.580. The van der Waals surface area contributed by atoms with Gasteiger partial charge in [0.15, 0.2) is 0 Å². The first kappa shape index (κ1) is 50.1. The van der Waals surface area contributed by atoms with Crippen molar-refractivity contribution in [1.29, 1.82) is 0 Å². The molecule has 3 aromatic heterocycles. The van der Waals surface area contributed by atoms with Crippen LogP contribution in [0.15, 0.2) is 59.7 Å². The molecule has 3 fully saturated rings. The number of hydrogen-bond donors (Lipinski definition) is 4. The largest absolute Gasteiger partial charge is 0.393 e. The first-order valence-electron chi connectivity index (χ1n) is 24.6. The molecule has 2 aromatic carbocycles. The van der Waals surface area contributed by atoms with E-state index in [0.717, 1.165) is 92.8 Å². The van der Waals surface area contributed by atoms with Crippen molar-refractivity contribution in [2.75, 3.05) is 116 Å². The molecule has 5 heterocycles. The number of methoxy groups -OCH3 is 1. The van der Waals surface area contributed by atoms with E-state index in [-0.39, 0.29) is 42.6 Å². The van der Waals surface area contributed by atoms with Crippen LogP contribution in [0.1, 0.15) is 63.1 Å². The van der Waals surface area contributed by atoms with Crippen molar-refractivity contribution < 1.29 is 38.4 Å². The Balaban J connectivity index is 0.664. The van der Waals surface area contributed by atoms with Gasteiger partial charge < -0.3 is 44.0 Å². The van der Waals surface area contributed by atoms with E-state index in [1.165, 1.54) is 14.7 Å². The summed E-state index contributed by atoms with van der Waals surface area (Å²) < 4.78 is 33.6. The van der Waals surface area contributed by atoms with Gasteiger partial charge in [-0.05, 0) is 62.3 Å². The Morgan fingerprint density at radius 1 is 0.841 bits per heavy atom. The van der Waals surface area contributed by atoms with Crippen molar-refractivity contribution in [2.45, 2.75) is 76.2 Å². The van der Waals surface area contributed by atoms with Crippen molar-refractivity contribution >= 4 is 45.5 Å². The normalized spacial score (nSPS) is 19.9. The van der Waals surface area contributed by atoms with Gasteiger partial charge in [0.05, 0.1) is 82.3 Å².